The average Bonchev–Trinajstić information content (AvgIpc) is 3.23. The fourth-order valence-electron chi connectivity index (χ4n) is 8.56. The zero-order valence-electron chi connectivity index (χ0n) is 24.8. The molecule has 1 aromatic rings. The summed E-state index contributed by atoms with van der Waals surface area (Å²) in [6.45, 7) is 3.55. The molecule has 43 heavy (non-hydrogen) atoms. The zero-order chi connectivity index (χ0) is 31.2. The van der Waals surface area contributed by atoms with Crippen LogP contribution in [0.2, 0.25) is 0 Å². The number of rotatable bonds is 9. The van der Waals surface area contributed by atoms with E-state index >= 15 is 0 Å². The molecule has 3 fully saturated rings. The maximum absolute atomic E-state index is 13.7. The summed E-state index contributed by atoms with van der Waals surface area (Å²) in [7, 11) is 0. The lowest BCUT2D eigenvalue weighted by molar-refractivity contribution is -0.173. The first-order chi connectivity index (χ1) is 20.3. The molecule has 232 valence electrons. The van der Waals surface area contributed by atoms with E-state index in [1.54, 1.807) is 12.1 Å². The quantitative estimate of drug-likeness (QED) is 0.248. The van der Waals surface area contributed by atoms with Crippen molar-refractivity contribution in [3.8, 4) is 11.5 Å². The highest BCUT2D eigenvalue weighted by atomic mass is 16.5. The number of aliphatic hydroxyl groups is 1. The van der Waals surface area contributed by atoms with Gasteiger partial charge in [0.05, 0.1) is 6.42 Å². The molecule has 4 aliphatic carbocycles. The summed E-state index contributed by atoms with van der Waals surface area (Å²) in [6.07, 6.45) is 5.18. The van der Waals surface area contributed by atoms with E-state index in [1.807, 2.05) is 6.92 Å². The lowest BCUT2D eigenvalue weighted by Crippen LogP contribution is -2.61. The number of phenolic OH excluding ortho intramolecular Hbond substituents is 2. The van der Waals surface area contributed by atoms with Crippen LogP contribution in [0.25, 0.3) is 0 Å². The van der Waals surface area contributed by atoms with Crippen molar-refractivity contribution in [1.82, 2.24) is 5.32 Å². The minimum atomic E-state index is -1.79. The summed E-state index contributed by atoms with van der Waals surface area (Å²) in [5.74, 6) is -2.31. The predicted octanol–water partition coefficient (Wildman–Crippen LogP) is 3.09. The number of carbonyl (C=O) groups is 5. The first kappa shape index (κ1) is 30.9. The van der Waals surface area contributed by atoms with Crippen LogP contribution in [0.5, 0.6) is 11.5 Å². The summed E-state index contributed by atoms with van der Waals surface area (Å²) in [5.41, 5.74) is -1.35. The Morgan fingerprint density at radius 2 is 1.79 bits per heavy atom. The van der Waals surface area contributed by atoms with Crippen molar-refractivity contribution < 1.29 is 44.0 Å². The molecule has 10 heteroatoms. The molecule has 10 nitrogen and oxygen atoms in total. The van der Waals surface area contributed by atoms with Crippen LogP contribution in [0.15, 0.2) is 29.8 Å². The molecule has 0 aliphatic heterocycles. The third-order valence-electron chi connectivity index (χ3n) is 11.0. The van der Waals surface area contributed by atoms with E-state index in [0.29, 0.717) is 31.2 Å². The van der Waals surface area contributed by atoms with Gasteiger partial charge in [-0.25, -0.2) is 0 Å². The number of amides is 1. The van der Waals surface area contributed by atoms with E-state index in [0.717, 1.165) is 18.4 Å². The molecule has 4 aliphatic rings. The number of aromatic hydroxyl groups is 2. The number of benzene rings is 1. The molecule has 1 amide bonds. The highest BCUT2D eigenvalue weighted by Gasteiger charge is 2.68. The molecule has 0 unspecified atom stereocenters. The summed E-state index contributed by atoms with van der Waals surface area (Å²) in [5, 5.41) is 33.4. The molecule has 0 heterocycles. The van der Waals surface area contributed by atoms with E-state index in [9.17, 15) is 39.3 Å². The first-order valence-electron chi connectivity index (χ1n) is 15.2. The highest BCUT2D eigenvalue weighted by molar-refractivity contribution is 5.95. The summed E-state index contributed by atoms with van der Waals surface area (Å²) in [6, 6.07) is 4.39. The number of allylic oxidation sites excluding steroid dienone is 1. The van der Waals surface area contributed by atoms with Gasteiger partial charge in [-0.05, 0) is 79.5 Å². The van der Waals surface area contributed by atoms with Crippen molar-refractivity contribution in [3.05, 3.63) is 35.4 Å². The van der Waals surface area contributed by atoms with Crippen molar-refractivity contribution in [3.63, 3.8) is 0 Å². The van der Waals surface area contributed by atoms with Crippen LogP contribution >= 0.6 is 0 Å². The monoisotopic (exact) mass is 595 g/mol. The molecule has 0 bridgehead atoms. The number of phenols is 2. The molecule has 0 saturated heterocycles. The SMILES string of the molecule is C[C@]12CCC(=O)C=C1CC[C@H]1[C@H]2C(=O)C[C@]2(C)[C@@H]1CC[C@]2(O)C(=O)COC(=O)CCC(=O)NCCc1ccc(O)c(O)c1. The van der Waals surface area contributed by atoms with E-state index < -0.39 is 29.4 Å². The smallest absolute Gasteiger partial charge is 0.306 e. The molecule has 6 atom stereocenters. The Hall–Kier alpha value is -3.53. The highest BCUT2D eigenvalue weighted by Crippen LogP contribution is 2.66. The molecule has 0 aromatic heterocycles. The third-order valence-corrected chi connectivity index (χ3v) is 11.0. The van der Waals surface area contributed by atoms with E-state index in [1.165, 1.54) is 12.1 Å². The van der Waals surface area contributed by atoms with Gasteiger partial charge in [-0.15, -0.1) is 0 Å². The van der Waals surface area contributed by atoms with Crippen LogP contribution in [0.4, 0.5) is 0 Å². The number of carbonyl (C=O) groups excluding carboxylic acids is 5. The zero-order valence-corrected chi connectivity index (χ0v) is 24.8. The maximum Gasteiger partial charge on any atom is 0.306 e. The van der Waals surface area contributed by atoms with Gasteiger partial charge < -0.3 is 25.4 Å². The number of fused-ring (bicyclic) bond motifs is 5. The van der Waals surface area contributed by atoms with Gasteiger partial charge in [-0.3, -0.25) is 24.0 Å². The maximum atomic E-state index is 13.7. The second-order valence-corrected chi connectivity index (χ2v) is 13.3. The fraction of sp³-hybridized carbons (Fsp3) is 0.606. The van der Waals surface area contributed by atoms with E-state index in [-0.39, 0.29) is 84.4 Å². The number of hydrogen-bond acceptors (Lipinski definition) is 9. The Labute approximate surface area is 250 Å². The van der Waals surface area contributed by atoms with Crippen molar-refractivity contribution >= 4 is 29.2 Å². The number of ether oxygens (including phenoxy) is 1. The van der Waals surface area contributed by atoms with Crippen LogP contribution < -0.4 is 5.32 Å². The Bertz CT molecular complexity index is 1380. The Balaban J connectivity index is 1.13. The van der Waals surface area contributed by atoms with Crippen molar-refractivity contribution in [2.75, 3.05) is 13.2 Å². The normalized spacial score (nSPS) is 33.1. The van der Waals surface area contributed by atoms with E-state index in [4.69, 9.17) is 4.74 Å². The molecule has 1 aromatic carbocycles. The average molecular weight is 596 g/mol. The van der Waals surface area contributed by atoms with Gasteiger partial charge in [0.1, 0.15) is 11.4 Å². The van der Waals surface area contributed by atoms with Gasteiger partial charge in [-0.1, -0.05) is 25.5 Å². The third kappa shape index (κ3) is 5.50. The minimum Gasteiger partial charge on any atom is -0.504 e. The molecule has 4 N–H and O–H groups in total. The summed E-state index contributed by atoms with van der Waals surface area (Å²) >= 11 is 0. The van der Waals surface area contributed by atoms with E-state index in [2.05, 4.69) is 12.2 Å². The predicted molar refractivity (Wildman–Crippen MR) is 154 cm³/mol. The van der Waals surface area contributed by atoms with Crippen LogP contribution in [-0.2, 0) is 35.1 Å². The van der Waals surface area contributed by atoms with Crippen molar-refractivity contribution in [2.45, 2.75) is 83.7 Å². The van der Waals surface area contributed by atoms with Crippen LogP contribution in [0, 0.1) is 28.6 Å². The standard InChI is InChI=1S/C33H41NO9/c1-31-12-9-21(35)16-20(31)4-5-22-23-10-13-33(42,32(23,2)17-26(38)30(22)31)27(39)18-43-29(41)8-7-28(40)34-14-11-19-3-6-24(36)25(37)15-19/h3,6,15-16,22-23,30,36-37,42H,4-5,7-14,17-18H2,1-2H3,(H,34,40)/t22-,23-,30+,31+,32-,33+/m1/s1. The van der Waals surface area contributed by atoms with Crippen molar-refractivity contribution in [1.29, 1.82) is 0 Å². The van der Waals surface area contributed by atoms with Gasteiger partial charge in [-0.2, -0.15) is 0 Å². The number of esters is 1. The van der Waals surface area contributed by atoms with Gasteiger partial charge in [0, 0.05) is 37.1 Å². The summed E-state index contributed by atoms with van der Waals surface area (Å²) < 4.78 is 5.18. The van der Waals surface area contributed by atoms with Crippen LogP contribution in [0.3, 0.4) is 0 Å². The summed E-state index contributed by atoms with van der Waals surface area (Å²) in [4.78, 5) is 63.7. The molecule has 3 saturated carbocycles. The number of nitrogens with one attached hydrogen (secondary N) is 1. The van der Waals surface area contributed by atoms with Gasteiger partial charge in [0.2, 0.25) is 11.7 Å². The van der Waals surface area contributed by atoms with Gasteiger partial charge in [0.25, 0.3) is 0 Å². The van der Waals surface area contributed by atoms with Crippen LogP contribution in [-0.4, -0.2) is 63.3 Å². The molecule has 0 spiro atoms. The molecular formula is C33H41NO9. The van der Waals surface area contributed by atoms with Gasteiger partial charge in [0.15, 0.2) is 23.9 Å². The lowest BCUT2D eigenvalue weighted by atomic mass is 9.46. The molecule has 0 radical (unpaired) electrons. The largest absolute Gasteiger partial charge is 0.504 e. The number of ketones is 3. The first-order valence-corrected chi connectivity index (χ1v) is 15.2. The Kier molecular flexibility index (Phi) is 8.28. The molecule has 5 rings (SSSR count). The second-order valence-electron chi connectivity index (χ2n) is 13.3. The fourth-order valence-corrected chi connectivity index (χ4v) is 8.56. The van der Waals surface area contributed by atoms with Crippen LogP contribution in [0.1, 0.15) is 77.2 Å². The topological polar surface area (TPSA) is 167 Å². The lowest BCUT2D eigenvalue weighted by Gasteiger charge is -2.57. The van der Waals surface area contributed by atoms with Gasteiger partial charge >= 0.3 is 5.97 Å². The number of hydrogen-bond donors (Lipinski definition) is 4. The Morgan fingerprint density at radius 1 is 1.02 bits per heavy atom. The van der Waals surface area contributed by atoms with Crippen molar-refractivity contribution in [2.24, 2.45) is 28.6 Å². The molecular weight excluding hydrogens is 554 g/mol. The second kappa shape index (κ2) is 11.5. The Morgan fingerprint density at radius 3 is 2.53 bits per heavy atom. The number of Topliss-reactive ketones (excluding diaryl/α,β-unsaturated/α-hetero) is 2. The minimum absolute atomic E-state index is 0.0178.